The second kappa shape index (κ2) is 7.08. The van der Waals surface area contributed by atoms with Crippen molar-refractivity contribution in [3.63, 3.8) is 0 Å². The summed E-state index contributed by atoms with van der Waals surface area (Å²) >= 11 is 0. The lowest BCUT2D eigenvalue weighted by Gasteiger charge is -2.23. The van der Waals surface area contributed by atoms with Gasteiger partial charge in [-0.25, -0.2) is 0 Å². The first-order valence-corrected chi connectivity index (χ1v) is 7.14. The van der Waals surface area contributed by atoms with Crippen LogP contribution in [0.4, 0.5) is 5.69 Å². The molecule has 1 atom stereocenters. The minimum Gasteiger partial charge on any atom is -0.491 e. The Balaban J connectivity index is 2.04. The average Bonchev–Trinajstić information content (AvgIpc) is 2.48. The Kier molecular flexibility index (Phi) is 5.16. The molecule has 1 fully saturated rings. The van der Waals surface area contributed by atoms with Gasteiger partial charge in [0.25, 0.3) is 0 Å². The Hall–Kier alpha value is -2.08. The second-order valence-electron chi connectivity index (χ2n) is 5.07. The molecule has 0 radical (unpaired) electrons. The summed E-state index contributed by atoms with van der Waals surface area (Å²) in [5.74, 6) is 0.395. The average molecular weight is 291 g/mol. The first kappa shape index (κ1) is 15.3. The molecule has 1 aliphatic heterocycles. The van der Waals surface area contributed by atoms with Gasteiger partial charge in [0.2, 0.25) is 11.8 Å². The summed E-state index contributed by atoms with van der Waals surface area (Å²) in [5.41, 5.74) is 1.72. The van der Waals surface area contributed by atoms with E-state index in [9.17, 15) is 9.59 Å². The largest absolute Gasteiger partial charge is 0.491 e. The van der Waals surface area contributed by atoms with Gasteiger partial charge < -0.3 is 15.4 Å². The zero-order chi connectivity index (χ0) is 15.2. The maximum atomic E-state index is 12.2. The molecular formula is C15H21N3O3. The molecule has 2 amide bonds. The Bertz CT molecular complexity index is 521. The number of aryl methyl sites for hydroxylation is 1. The quantitative estimate of drug-likeness (QED) is 0.750. The van der Waals surface area contributed by atoms with E-state index in [4.69, 9.17) is 4.74 Å². The van der Waals surface area contributed by atoms with E-state index in [0.29, 0.717) is 24.6 Å². The van der Waals surface area contributed by atoms with Crippen LogP contribution in [0.1, 0.15) is 18.9 Å². The molecule has 0 aliphatic carbocycles. The van der Waals surface area contributed by atoms with Crippen LogP contribution in [0.15, 0.2) is 18.2 Å². The lowest BCUT2D eigenvalue weighted by molar-refractivity contribution is -0.124. The van der Waals surface area contributed by atoms with E-state index in [1.165, 1.54) is 0 Å². The maximum Gasteiger partial charge on any atom is 0.243 e. The van der Waals surface area contributed by atoms with E-state index < -0.39 is 6.04 Å². The van der Waals surface area contributed by atoms with Gasteiger partial charge in [0, 0.05) is 6.54 Å². The van der Waals surface area contributed by atoms with Crippen molar-refractivity contribution < 1.29 is 14.3 Å². The number of ether oxygens (including phenoxy) is 1. The fraction of sp³-hybridized carbons (Fsp3) is 0.467. The highest BCUT2D eigenvalue weighted by Gasteiger charge is 2.24. The van der Waals surface area contributed by atoms with Gasteiger partial charge in [-0.1, -0.05) is 13.0 Å². The van der Waals surface area contributed by atoms with Gasteiger partial charge in [0.15, 0.2) is 0 Å². The fourth-order valence-corrected chi connectivity index (χ4v) is 2.04. The first-order chi connectivity index (χ1) is 10.1. The molecule has 0 saturated carbocycles. The van der Waals surface area contributed by atoms with E-state index in [0.717, 1.165) is 12.0 Å². The minimum absolute atomic E-state index is 0.0960. The van der Waals surface area contributed by atoms with Crippen molar-refractivity contribution in [3.8, 4) is 5.75 Å². The predicted octanol–water partition coefficient (Wildman–Crippen LogP) is 0.810. The van der Waals surface area contributed by atoms with Crippen LogP contribution in [0.2, 0.25) is 0 Å². The van der Waals surface area contributed by atoms with Gasteiger partial charge in [-0.15, -0.1) is 0 Å². The van der Waals surface area contributed by atoms with Gasteiger partial charge in [-0.05, 0) is 31.0 Å². The summed E-state index contributed by atoms with van der Waals surface area (Å²) in [5, 5.41) is 8.41. The molecule has 1 heterocycles. The van der Waals surface area contributed by atoms with Crippen LogP contribution in [0.3, 0.4) is 0 Å². The number of piperazine rings is 1. The number of rotatable bonds is 5. The van der Waals surface area contributed by atoms with Gasteiger partial charge in [-0.2, -0.15) is 0 Å². The SMILES string of the molecule is CCCOc1cc(C)ccc1NC(=O)C1CNC(=O)CN1. The zero-order valence-electron chi connectivity index (χ0n) is 12.4. The van der Waals surface area contributed by atoms with Crippen LogP contribution >= 0.6 is 0 Å². The summed E-state index contributed by atoms with van der Waals surface area (Å²) in [7, 11) is 0. The molecule has 3 N–H and O–H groups in total. The molecule has 1 aliphatic rings. The Morgan fingerprint density at radius 2 is 2.29 bits per heavy atom. The fourth-order valence-electron chi connectivity index (χ4n) is 2.04. The number of carbonyl (C=O) groups excluding carboxylic acids is 2. The highest BCUT2D eigenvalue weighted by Crippen LogP contribution is 2.26. The molecule has 0 spiro atoms. The third kappa shape index (κ3) is 4.19. The molecule has 1 saturated heterocycles. The summed E-state index contributed by atoms with van der Waals surface area (Å²) in [4.78, 5) is 23.3. The monoisotopic (exact) mass is 291 g/mol. The van der Waals surface area contributed by atoms with Crippen molar-refractivity contribution in [1.82, 2.24) is 10.6 Å². The molecular weight excluding hydrogens is 270 g/mol. The van der Waals surface area contributed by atoms with Crippen molar-refractivity contribution in [2.24, 2.45) is 0 Å². The third-order valence-corrected chi connectivity index (χ3v) is 3.19. The Morgan fingerprint density at radius 3 is 2.95 bits per heavy atom. The van der Waals surface area contributed by atoms with Gasteiger partial charge in [-0.3, -0.25) is 14.9 Å². The van der Waals surface area contributed by atoms with Crippen molar-refractivity contribution in [3.05, 3.63) is 23.8 Å². The maximum absolute atomic E-state index is 12.2. The summed E-state index contributed by atoms with van der Waals surface area (Å²) < 4.78 is 5.67. The van der Waals surface area contributed by atoms with Crippen molar-refractivity contribution in [2.75, 3.05) is 25.0 Å². The van der Waals surface area contributed by atoms with E-state index in [1.54, 1.807) is 0 Å². The number of anilines is 1. The number of carbonyl (C=O) groups is 2. The molecule has 114 valence electrons. The van der Waals surface area contributed by atoms with Gasteiger partial charge in [0.1, 0.15) is 11.8 Å². The normalized spacial score (nSPS) is 18.0. The lowest BCUT2D eigenvalue weighted by Crippen LogP contribution is -2.56. The molecule has 1 aromatic rings. The van der Waals surface area contributed by atoms with Crippen LogP contribution in [0.25, 0.3) is 0 Å². The van der Waals surface area contributed by atoms with E-state index >= 15 is 0 Å². The second-order valence-corrected chi connectivity index (χ2v) is 5.07. The molecule has 0 aromatic heterocycles. The summed E-state index contributed by atoms with van der Waals surface area (Å²) in [6, 6.07) is 5.23. The number of hydrogen-bond donors (Lipinski definition) is 3. The van der Waals surface area contributed by atoms with Gasteiger partial charge >= 0.3 is 0 Å². The van der Waals surface area contributed by atoms with E-state index in [2.05, 4.69) is 16.0 Å². The summed E-state index contributed by atoms with van der Waals surface area (Å²) in [6.45, 7) is 5.06. The molecule has 1 unspecified atom stereocenters. The molecule has 21 heavy (non-hydrogen) atoms. The summed E-state index contributed by atoms with van der Waals surface area (Å²) in [6.07, 6.45) is 0.900. The van der Waals surface area contributed by atoms with Crippen molar-refractivity contribution in [2.45, 2.75) is 26.3 Å². The predicted molar refractivity (Wildman–Crippen MR) is 80.4 cm³/mol. The van der Waals surface area contributed by atoms with Crippen molar-refractivity contribution in [1.29, 1.82) is 0 Å². The number of amides is 2. The standard InChI is InChI=1S/C15H21N3O3/c1-3-6-21-13-7-10(2)4-5-11(13)18-15(20)12-8-17-14(19)9-16-12/h4-5,7,12,16H,3,6,8-9H2,1-2H3,(H,17,19)(H,18,20). The highest BCUT2D eigenvalue weighted by atomic mass is 16.5. The topological polar surface area (TPSA) is 79.5 Å². The third-order valence-electron chi connectivity index (χ3n) is 3.19. The zero-order valence-corrected chi connectivity index (χ0v) is 12.4. The highest BCUT2D eigenvalue weighted by molar-refractivity contribution is 5.97. The minimum atomic E-state index is -0.428. The number of nitrogens with one attached hydrogen (secondary N) is 3. The smallest absolute Gasteiger partial charge is 0.243 e. The van der Waals surface area contributed by atoms with E-state index in [-0.39, 0.29) is 18.4 Å². The van der Waals surface area contributed by atoms with Gasteiger partial charge in [0.05, 0.1) is 18.8 Å². The number of hydrogen-bond acceptors (Lipinski definition) is 4. The van der Waals surface area contributed by atoms with Crippen LogP contribution in [0, 0.1) is 6.92 Å². The van der Waals surface area contributed by atoms with E-state index in [1.807, 2.05) is 32.0 Å². The molecule has 0 bridgehead atoms. The lowest BCUT2D eigenvalue weighted by atomic mass is 10.2. The Labute approximate surface area is 124 Å². The molecule has 6 heteroatoms. The van der Waals surface area contributed by atoms with Crippen molar-refractivity contribution >= 4 is 17.5 Å². The number of benzene rings is 1. The van der Waals surface area contributed by atoms with Crippen LogP contribution in [-0.4, -0.2) is 37.6 Å². The van der Waals surface area contributed by atoms with Crippen LogP contribution < -0.4 is 20.7 Å². The molecule has 2 rings (SSSR count). The Morgan fingerprint density at radius 1 is 1.48 bits per heavy atom. The van der Waals surface area contributed by atoms with Crippen LogP contribution in [0.5, 0.6) is 5.75 Å². The first-order valence-electron chi connectivity index (χ1n) is 7.14. The molecule has 6 nitrogen and oxygen atoms in total. The van der Waals surface area contributed by atoms with Crippen LogP contribution in [-0.2, 0) is 9.59 Å². The molecule has 1 aromatic carbocycles.